The van der Waals surface area contributed by atoms with Crippen LogP contribution in [0.15, 0.2) is 65.2 Å². The molecule has 1 aliphatic carbocycles. The van der Waals surface area contributed by atoms with Crippen LogP contribution < -0.4 is 5.32 Å². The van der Waals surface area contributed by atoms with Crippen molar-refractivity contribution >= 4 is 17.5 Å². The van der Waals surface area contributed by atoms with Crippen molar-refractivity contribution in [3.63, 3.8) is 0 Å². The number of benzene rings is 2. The van der Waals surface area contributed by atoms with E-state index in [0.29, 0.717) is 23.0 Å². The monoisotopic (exact) mass is 352 g/mol. The predicted molar refractivity (Wildman–Crippen MR) is 96.1 cm³/mol. The van der Waals surface area contributed by atoms with Gasteiger partial charge in [-0.05, 0) is 42.7 Å². The highest BCUT2D eigenvalue weighted by atomic mass is 35.5. The Hall–Kier alpha value is -2.59. The molecular formula is C20H17ClN2O2. The molecule has 1 fully saturated rings. The number of carbonyl (C=O) groups is 1. The van der Waals surface area contributed by atoms with E-state index in [9.17, 15) is 4.79 Å². The van der Waals surface area contributed by atoms with Crippen molar-refractivity contribution in [2.24, 2.45) is 0 Å². The lowest BCUT2D eigenvalue weighted by molar-refractivity contribution is -0.123. The number of amides is 1. The fourth-order valence-electron chi connectivity index (χ4n) is 2.92. The molecule has 5 heteroatoms. The third-order valence-electron chi connectivity index (χ3n) is 4.61. The molecule has 0 aliphatic heterocycles. The van der Waals surface area contributed by atoms with Crippen LogP contribution in [0.3, 0.4) is 0 Å². The normalized spacial score (nSPS) is 14.9. The van der Waals surface area contributed by atoms with E-state index in [4.69, 9.17) is 16.1 Å². The van der Waals surface area contributed by atoms with E-state index >= 15 is 0 Å². The van der Waals surface area contributed by atoms with Gasteiger partial charge in [-0.2, -0.15) is 0 Å². The van der Waals surface area contributed by atoms with Gasteiger partial charge in [0.05, 0.1) is 11.1 Å². The van der Waals surface area contributed by atoms with Gasteiger partial charge in [0.2, 0.25) is 5.91 Å². The van der Waals surface area contributed by atoms with Crippen molar-refractivity contribution in [2.45, 2.75) is 24.8 Å². The van der Waals surface area contributed by atoms with Crippen LogP contribution in [0.25, 0.3) is 11.3 Å². The Labute approximate surface area is 150 Å². The summed E-state index contributed by atoms with van der Waals surface area (Å²) < 4.78 is 5.46. The standard InChI is InChI=1S/C20H17ClN2O2/c21-16-8-6-15(7-9-16)17-12-18(23-25-17)20(10-11-20)19(24)22-13-14-4-2-1-3-5-14/h1-9,12H,10-11,13H2,(H,22,24). The first-order valence-corrected chi connectivity index (χ1v) is 8.60. The van der Waals surface area contributed by atoms with Gasteiger partial charge in [-0.25, -0.2) is 0 Å². The van der Waals surface area contributed by atoms with Gasteiger partial charge >= 0.3 is 0 Å². The third-order valence-corrected chi connectivity index (χ3v) is 4.86. The number of hydrogen-bond donors (Lipinski definition) is 1. The quantitative estimate of drug-likeness (QED) is 0.743. The molecule has 1 amide bonds. The molecule has 0 atom stereocenters. The zero-order valence-electron chi connectivity index (χ0n) is 13.5. The second-order valence-corrected chi connectivity index (χ2v) is 6.77. The van der Waals surface area contributed by atoms with E-state index in [1.807, 2.05) is 48.5 Å². The molecule has 1 aromatic heterocycles. The average Bonchev–Trinajstić information content (AvgIpc) is 3.31. The summed E-state index contributed by atoms with van der Waals surface area (Å²) in [6.07, 6.45) is 1.58. The fraction of sp³-hybridized carbons (Fsp3) is 0.200. The molecule has 1 aliphatic rings. The van der Waals surface area contributed by atoms with Gasteiger partial charge in [0.1, 0.15) is 0 Å². The largest absolute Gasteiger partial charge is 0.356 e. The van der Waals surface area contributed by atoms with Crippen molar-refractivity contribution < 1.29 is 9.32 Å². The molecule has 2 aromatic carbocycles. The number of rotatable bonds is 5. The second-order valence-electron chi connectivity index (χ2n) is 6.33. The smallest absolute Gasteiger partial charge is 0.232 e. The van der Waals surface area contributed by atoms with Gasteiger partial charge in [-0.15, -0.1) is 0 Å². The Morgan fingerprint density at radius 1 is 1.12 bits per heavy atom. The summed E-state index contributed by atoms with van der Waals surface area (Å²) in [5, 5.41) is 7.84. The molecule has 4 rings (SSSR count). The highest BCUT2D eigenvalue weighted by molar-refractivity contribution is 6.30. The molecule has 1 saturated carbocycles. The molecule has 3 aromatic rings. The van der Waals surface area contributed by atoms with E-state index in [1.165, 1.54) is 0 Å². The first kappa shape index (κ1) is 15.9. The minimum absolute atomic E-state index is 0.00677. The minimum Gasteiger partial charge on any atom is -0.356 e. The third kappa shape index (κ3) is 3.17. The first-order chi connectivity index (χ1) is 12.2. The topological polar surface area (TPSA) is 55.1 Å². The van der Waals surface area contributed by atoms with Crippen molar-refractivity contribution in [3.05, 3.63) is 76.9 Å². The number of hydrogen-bond acceptors (Lipinski definition) is 3. The molecule has 1 heterocycles. The Morgan fingerprint density at radius 3 is 2.52 bits per heavy atom. The molecular weight excluding hydrogens is 336 g/mol. The molecule has 25 heavy (non-hydrogen) atoms. The summed E-state index contributed by atoms with van der Waals surface area (Å²) in [6.45, 7) is 0.517. The summed E-state index contributed by atoms with van der Waals surface area (Å²) in [5.74, 6) is 0.654. The zero-order chi connectivity index (χ0) is 17.3. The van der Waals surface area contributed by atoms with Gasteiger partial charge in [0.25, 0.3) is 0 Å². The van der Waals surface area contributed by atoms with E-state index in [2.05, 4.69) is 10.5 Å². The van der Waals surface area contributed by atoms with Gasteiger partial charge in [0, 0.05) is 23.2 Å². The lowest BCUT2D eigenvalue weighted by Gasteiger charge is -2.12. The van der Waals surface area contributed by atoms with Gasteiger partial charge < -0.3 is 9.84 Å². The average molecular weight is 353 g/mol. The van der Waals surface area contributed by atoms with E-state index in [0.717, 1.165) is 24.0 Å². The number of nitrogens with zero attached hydrogens (tertiary/aromatic N) is 1. The summed E-state index contributed by atoms with van der Waals surface area (Å²) >= 11 is 5.91. The molecule has 0 radical (unpaired) electrons. The Morgan fingerprint density at radius 2 is 1.84 bits per heavy atom. The molecule has 126 valence electrons. The lowest BCUT2D eigenvalue weighted by atomic mass is 10.00. The molecule has 1 N–H and O–H groups in total. The summed E-state index contributed by atoms with van der Waals surface area (Å²) in [4.78, 5) is 12.7. The van der Waals surface area contributed by atoms with Crippen LogP contribution in [0.4, 0.5) is 0 Å². The van der Waals surface area contributed by atoms with Crippen LogP contribution in [0.2, 0.25) is 5.02 Å². The van der Waals surface area contributed by atoms with Crippen LogP contribution >= 0.6 is 11.6 Å². The fourth-order valence-corrected chi connectivity index (χ4v) is 3.05. The number of carbonyl (C=O) groups excluding carboxylic acids is 1. The highest BCUT2D eigenvalue weighted by Crippen LogP contribution is 2.48. The van der Waals surface area contributed by atoms with Gasteiger partial charge in [-0.1, -0.05) is 47.1 Å². The number of halogens is 1. The Balaban J connectivity index is 1.49. The molecule has 4 nitrogen and oxygen atoms in total. The van der Waals surface area contributed by atoms with Gasteiger partial charge in [0.15, 0.2) is 5.76 Å². The number of aromatic nitrogens is 1. The van der Waals surface area contributed by atoms with Crippen LogP contribution in [0, 0.1) is 0 Å². The molecule has 0 unspecified atom stereocenters. The van der Waals surface area contributed by atoms with Crippen LogP contribution in [-0.2, 0) is 16.8 Å². The maximum atomic E-state index is 12.7. The molecule has 0 bridgehead atoms. The Bertz CT molecular complexity index is 884. The Kier molecular flexibility index (Phi) is 4.06. The first-order valence-electron chi connectivity index (χ1n) is 8.23. The van der Waals surface area contributed by atoms with E-state index < -0.39 is 5.41 Å². The van der Waals surface area contributed by atoms with Crippen LogP contribution in [-0.4, -0.2) is 11.1 Å². The second kappa shape index (κ2) is 6.37. The minimum atomic E-state index is -0.553. The predicted octanol–water partition coefficient (Wildman–Crippen LogP) is 4.34. The lowest BCUT2D eigenvalue weighted by Crippen LogP contribution is -2.34. The van der Waals surface area contributed by atoms with Crippen molar-refractivity contribution in [2.75, 3.05) is 0 Å². The van der Waals surface area contributed by atoms with Crippen molar-refractivity contribution in [1.29, 1.82) is 0 Å². The SMILES string of the molecule is O=C(NCc1ccccc1)C1(c2cc(-c3ccc(Cl)cc3)on2)CC1. The van der Waals surface area contributed by atoms with Crippen LogP contribution in [0.1, 0.15) is 24.1 Å². The summed E-state index contributed by atoms with van der Waals surface area (Å²) in [5.41, 5.74) is 2.11. The van der Waals surface area contributed by atoms with E-state index in [1.54, 1.807) is 12.1 Å². The maximum Gasteiger partial charge on any atom is 0.232 e. The van der Waals surface area contributed by atoms with Crippen molar-refractivity contribution in [1.82, 2.24) is 10.5 Å². The van der Waals surface area contributed by atoms with E-state index in [-0.39, 0.29) is 5.91 Å². The summed E-state index contributed by atoms with van der Waals surface area (Å²) in [7, 11) is 0. The van der Waals surface area contributed by atoms with Crippen LogP contribution in [0.5, 0.6) is 0 Å². The number of nitrogens with one attached hydrogen (secondary N) is 1. The maximum absolute atomic E-state index is 12.7. The highest BCUT2D eigenvalue weighted by Gasteiger charge is 2.53. The summed E-state index contributed by atoms with van der Waals surface area (Å²) in [6, 6.07) is 19.1. The van der Waals surface area contributed by atoms with Crippen molar-refractivity contribution in [3.8, 4) is 11.3 Å². The molecule has 0 saturated heterocycles. The molecule has 0 spiro atoms. The zero-order valence-corrected chi connectivity index (χ0v) is 14.3. The van der Waals surface area contributed by atoms with Gasteiger partial charge in [-0.3, -0.25) is 4.79 Å².